The van der Waals surface area contributed by atoms with Crippen LogP contribution in [0.4, 0.5) is 0 Å². The van der Waals surface area contributed by atoms with Gasteiger partial charge in [-0.05, 0) is 6.92 Å². The smallest absolute Gasteiger partial charge is 0.265 e. The number of carbonyl (C=O) groups is 1. The molecule has 0 fully saturated rings. The molecular weight excluding hydrogens is 188 g/mol. The van der Waals surface area contributed by atoms with Crippen molar-refractivity contribution in [1.82, 2.24) is 9.88 Å². The molecule has 0 unspecified atom stereocenters. The van der Waals surface area contributed by atoms with E-state index in [1.165, 1.54) is 16.2 Å². The Hall–Kier alpha value is -0.940. The van der Waals surface area contributed by atoms with Crippen LogP contribution in [0, 0.1) is 6.92 Å². The maximum atomic E-state index is 11.6. The van der Waals surface area contributed by atoms with Crippen molar-refractivity contribution in [3.63, 3.8) is 0 Å². The van der Waals surface area contributed by atoms with Crippen molar-refractivity contribution in [2.24, 2.45) is 0 Å². The first-order valence-corrected chi connectivity index (χ1v) is 4.81. The summed E-state index contributed by atoms with van der Waals surface area (Å²) in [4.78, 5) is 17.7. The van der Waals surface area contributed by atoms with Crippen LogP contribution in [-0.4, -0.2) is 41.1 Å². The van der Waals surface area contributed by atoms with Gasteiger partial charge in [0.2, 0.25) is 0 Å². The fraction of sp³-hybridized carbons (Fsp3) is 0.500. The quantitative estimate of drug-likeness (QED) is 0.773. The lowest BCUT2D eigenvalue weighted by atomic mass is 10.3. The molecule has 0 aromatic carbocycles. The summed E-state index contributed by atoms with van der Waals surface area (Å²) in [5.41, 5.74) is 2.40. The number of aliphatic hydroxyl groups excluding tert-OH is 1. The summed E-state index contributed by atoms with van der Waals surface area (Å²) in [6.07, 6.45) is 0. The molecule has 1 amide bonds. The third-order valence-electron chi connectivity index (χ3n) is 1.72. The van der Waals surface area contributed by atoms with Crippen LogP contribution in [0.15, 0.2) is 5.51 Å². The van der Waals surface area contributed by atoms with Crippen LogP contribution in [0.25, 0.3) is 0 Å². The number of aryl methyl sites for hydroxylation is 1. The van der Waals surface area contributed by atoms with Crippen LogP contribution in [0.1, 0.15) is 15.4 Å². The van der Waals surface area contributed by atoms with Gasteiger partial charge in [-0.2, -0.15) is 0 Å². The van der Waals surface area contributed by atoms with Gasteiger partial charge < -0.3 is 10.0 Å². The van der Waals surface area contributed by atoms with Gasteiger partial charge in [-0.1, -0.05) is 0 Å². The lowest BCUT2D eigenvalue weighted by Gasteiger charge is -2.14. The van der Waals surface area contributed by atoms with Crippen LogP contribution in [0.5, 0.6) is 0 Å². The summed E-state index contributed by atoms with van der Waals surface area (Å²) in [5, 5.41) is 8.65. The molecule has 1 aromatic heterocycles. The first kappa shape index (κ1) is 10.1. The minimum Gasteiger partial charge on any atom is -0.395 e. The van der Waals surface area contributed by atoms with Gasteiger partial charge in [0, 0.05) is 13.6 Å². The lowest BCUT2D eigenvalue weighted by Crippen LogP contribution is -2.29. The predicted octanol–water partition coefficient (Wildman–Crippen LogP) is 0.516. The number of nitrogens with zero attached hydrogens (tertiary/aromatic N) is 2. The van der Waals surface area contributed by atoms with Crippen LogP contribution in [0.3, 0.4) is 0 Å². The van der Waals surface area contributed by atoms with Crippen molar-refractivity contribution in [3.05, 3.63) is 16.1 Å². The van der Waals surface area contributed by atoms with Crippen molar-refractivity contribution < 1.29 is 9.90 Å². The number of hydrogen-bond acceptors (Lipinski definition) is 4. The topological polar surface area (TPSA) is 53.4 Å². The number of amides is 1. The molecule has 0 bridgehead atoms. The zero-order valence-corrected chi connectivity index (χ0v) is 8.47. The Morgan fingerprint density at radius 1 is 1.77 bits per heavy atom. The molecule has 0 aliphatic carbocycles. The molecule has 0 radical (unpaired) electrons. The van der Waals surface area contributed by atoms with E-state index in [0.717, 1.165) is 5.69 Å². The monoisotopic (exact) mass is 200 g/mol. The van der Waals surface area contributed by atoms with Crippen LogP contribution >= 0.6 is 11.3 Å². The molecule has 0 aliphatic rings. The fourth-order valence-electron chi connectivity index (χ4n) is 0.932. The maximum absolute atomic E-state index is 11.6. The first-order valence-electron chi connectivity index (χ1n) is 3.93. The molecular formula is C8H12N2O2S. The number of aliphatic hydroxyl groups is 1. The molecule has 1 heterocycles. The van der Waals surface area contributed by atoms with Gasteiger partial charge in [0.25, 0.3) is 5.91 Å². The second-order valence-electron chi connectivity index (χ2n) is 2.72. The summed E-state index contributed by atoms with van der Waals surface area (Å²) in [5.74, 6) is -0.0750. The molecule has 72 valence electrons. The SMILES string of the molecule is Cc1ncsc1C(=O)N(C)CCO. The van der Waals surface area contributed by atoms with E-state index in [4.69, 9.17) is 5.11 Å². The Kier molecular flexibility index (Phi) is 3.39. The summed E-state index contributed by atoms with van der Waals surface area (Å²) in [6.45, 7) is 2.15. The Morgan fingerprint density at radius 2 is 2.46 bits per heavy atom. The number of thiazole rings is 1. The highest BCUT2D eigenvalue weighted by molar-refractivity contribution is 7.11. The number of hydrogen-bond donors (Lipinski definition) is 1. The van der Waals surface area contributed by atoms with Crippen molar-refractivity contribution in [1.29, 1.82) is 0 Å². The van der Waals surface area contributed by atoms with Gasteiger partial charge in [-0.25, -0.2) is 4.98 Å². The van der Waals surface area contributed by atoms with Crippen molar-refractivity contribution >= 4 is 17.2 Å². The van der Waals surface area contributed by atoms with E-state index in [9.17, 15) is 4.79 Å². The molecule has 4 nitrogen and oxygen atoms in total. The molecule has 0 spiro atoms. The van der Waals surface area contributed by atoms with Crippen molar-refractivity contribution in [2.75, 3.05) is 20.2 Å². The Morgan fingerprint density at radius 3 is 2.92 bits per heavy atom. The Labute approximate surface area is 80.8 Å². The standard InChI is InChI=1S/C8H12N2O2S/c1-6-7(13-5-9-6)8(12)10(2)3-4-11/h5,11H,3-4H2,1-2H3. The second-order valence-corrected chi connectivity index (χ2v) is 3.57. The Bertz CT molecular complexity index is 298. The molecule has 13 heavy (non-hydrogen) atoms. The number of aromatic nitrogens is 1. The summed E-state index contributed by atoms with van der Waals surface area (Å²) in [7, 11) is 1.66. The zero-order chi connectivity index (χ0) is 9.84. The molecule has 0 saturated heterocycles. The van der Waals surface area contributed by atoms with Crippen molar-refractivity contribution in [2.45, 2.75) is 6.92 Å². The fourth-order valence-corrected chi connectivity index (χ4v) is 1.73. The van der Waals surface area contributed by atoms with E-state index in [1.807, 2.05) is 0 Å². The van der Waals surface area contributed by atoms with Crippen LogP contribution < -0.4 is 0 Å². The molecule has 5 heteroatoms. The van der Waals surface area contributed by atoms with Gasteiger partial charge in [-0.15, -0.1) is 11.3 Å². The van der Waals surface area contributed by atoms with Gasteiger partial charge >= 0.3 is 0 Å². The van der Waals surface area contributed by atoms with Gasteiger partial charge in [-0.3, -0.25) is 4.79 Å². The molecule has 1 aromatic rings. The normalized spacial score (nSPS) is 10.1. The van der Waals surface area contributed by atoms with Crippen LogP contribution in [-0.2, 0) is 0 Å². The highest BCUT2D eigenvalue weighted by Crippen LogP contribution is 2.13. The number of likely N-dealkylation sites (N-methyl/N-ethyl adjacent to an activating group) is 1. The summed E-state index contributed by atoms with van der Waals surface area (Å²) >= 11 is 1.33. The van der Waals surface area contributed by atoms with E-state index in [-0.39, 0.29) is 12.5 Å². The van der Waals surface area contributed by atoms with E-state index in [2.05, 4.69) is 4.98 Å². The summed E-state index contributed by atoms with van der Waals surface area (Å²) in [6, 6.07) is 0. The van der Waals surface area contributed by atoms with Gasteiger partial charge in [0.1, 0.15) is 4.88 Å². The highest BCUT2D eigenvalue weighted by atomic mass is 32.1. The largest absolute Gasteiger partial charge is 0.395 e. The van der Waals surface area contributed by atoms with Gasteiger partial charge in [0.15, 0.2) is 0 Å². The minimum atomic E-state index is -0.0750. The first-order chi connectivity index (χ1) is 6.16. The molecule has 1 N–H and O–H groups in total. The van der Waals surface area contributed by atoms with E-state index in [1.54, 1.807) is 19.5 Å². The third kappa shape index (κ3) is 2.26. The van der Waals surface area contributed by atoms with Crippen LogP contribution in [0.2, 0.25) is 0 Å². The van der Waals surface area contributed by atoms with E-state index in [0.29, 0.717) is 11.4 Å². The van der Waals surface area contributed by atoms with E-state index < -0.39 is 0 Å². The second kappa shape index (κ2) is 4.34. The number of carbonyl (C=O) groups excluding carboxylic acids is 1. The summed E-state index contributed by atoms with van der Waals surface area (Å²) < 4.78 is 0. The average Bonchev–Trinajstić information content (AvgIpc) is 2.50. The molecule has 0 saturated carbocycles. The zero-order valence-electron chi connectivity index (χ0n) is 7.65. The van der Waals surface area contributed by atoms with Crippen molar-refractivity contribution in [3.8, 4) is 0 Å². The maximum Gasteiger partial charge on any atom is 0.265 e. The Balaban J connectivity index is 2.73. The average molecular weight is 200 g/mol. The minimum absolute atomic E-state index is 0.0138. The highest BCUT2D eigenvalue weighted by Gasteiger charge is 2.15. The van der Waals surface area contributed by atoms with Gasteiger partial charge in [0.05, 0.1) is 17.8 Å². The molecule has 0 aliphatic heterocycles. The molecule has 0 atom stereocenters. The number of rotatable bonds is 3. The predicted molar refractivity (Wildman–Crippen MR) is 50.9 cm³/mol. The lowest BCUT2D eigenvalue weighted by molar-refractivity contribution is 0.0771. The third-order valence-corrected chi connectivity index (χ3v) is 2.64. The van der Waals surface area contributed by atoms with E-state index >= 15 is 0 Å². The molecule has 1 rings (SSSR count).